The lowest BCUT2D eigenvalue weighted by molar-refractivity contribution is 0.186. The molecular weight excluding hydrogens is 282 g/mol. The summed E-state index contributed by atoms with van der Waals surface area (Å²) in [5, 5.41) is 5.60. The molecule has 1 saturated carbocycles. The van der Waals surface area contributed by atoms with Crippen molar-refractivity contribution in [3.05, 3.63) is 20.8 Å². The molecule has 1 aliphatic carbocycles. The Kier molecular flexibility index (Phi) is 4.45. The van der Waals surface area contributed by atoms with Crippen LogP contribution in [0.25, 0.3) is 0 Å². The van der Waals surface area contributed by atoms with Gasteiger partial charge in [0.2, 0.25) is 0 Å². The van der Waals surface area contributed by atoms with Crippen molar-refractivity contribution < 1.29 is 0 Å². The molecule has 1 aromatic rings. The van der Waals surface area contributed by atoms with E-state index in [1.807, 2.05) is 11.3 Å². The smallest absolute Gasteiger partial charge is 0.0285 e. The van der Waals surface area contributed by atoms with Crippen LogP contribution in [0, 0.1) is 5.41 Å². The first-order chi connectivity index (χ1) is 7.74. The molecule has 0 aliphatic heterocycles. The predicted molar refractivity (Wildman–Crippen MR) is 75.2 cm³/mol. The largest absolute Gasteiger partial charge is 0.319 e. The maximum atomic E-state index is 3.55. The first-order valence-corrected chi connectivity index (χ1v) is 7.79. The minimum absolute atomic E-state index is 0.525. The van der Waals surface area contributed by atoms with E-state index in [1.54, 1.807) is 0 Å². The van der Waals surface area contributed by atoms with Gasteiger partial charge in [0.15, 0.2) is 0 Å². The SMILES string of the molecule is CNCC1(Cc2cc(Br)cs2)CCCCC1. The van der Waals surface area contributed by atoms with Gasteiger partial charge in [-0.15, -0.1) is 11.3 Å². The topological polar surface area (TPSA) is 12.0 Å². The summed E-state index contributed by atoms with van der Waals surface area (Å²) in [6.45, 7) is 1.17. The first kappa shape index (κ1) is 12.6. The van der Waals surface area contributed by atoms with Gasteiger partial charge in [-0.2, -0.15) is 0 Å². The van der Waals surface area contributed by atoms with Crippen molar-refractivity contribution in [3.63, 3.8) is 0 Å². The molecule has 0 unspecified atom stereocenters. The zero-order chi connectivity index (χ0) is 11.4. The lowest BCUT2D eigenvalue weighted by Crippen LogP contribution is -2.36. The van der Waals surface area contributed by atoms with Crippen LogP contribution in [0.5, 0.6) is 0 Å². The molecule has 90 valence electrons. The predicted octanol–water partition coefficient (Wildman–Crippen LogP) is 4.22. The van der Waals surface area contributed by atoms with Crippen LogP contribution < -0.4 is 5.32 Å². The van der Waals surface area contributed by atoms with E-state index in [0.717, 1.165) is 0 Å². The van der Waals surface area contributed by atoms with E-state index in [2.05, 4.69) is 39.7 Å². The number of thiophene rings is 1. The Labute approximate surface area is 111 Å². The third-order valence-electron chi connectivity index (χ3n) is 3.64. The molecule has 1 fully saturated rings. The van der Waals surface area contributed by atoms with Crippen LogP contribution in [-0.4, -0.2) is 13.6 Å². The van der Waals surface area contributed by atoms with E-state index < -0.39 is 0 Å². The van der Waals surface area contributed by atoms with Crippen molar-refractivity contribution >= 4 is 27.3 Å². The molecule has 0 bridgehead atoms. The molecule has 1 heterocycles. The molecule has 0 amide bonds. The van der Waals surface area contributed by atoms with Crippen LogP contribution >= 0.6 is 27.3 Å². The molecule has 0 spiro atoms. The Morgan fingerprint density at radius 1 is 1.38 bits per heavy atom. The molecule has 1 nitrogen and oxygen atoms in total. The highest BCUT2D eigenvalue weighted by Gasteiger charge is 2.31. The summed E-state index contributed by atoms with van der Waals surface area (Å²) in [6.07, 6.45) is 8.29. The van der Waals surface area contributed by atoms with Crippen LogP contribution in [0.1, 0.15) is 37.0 Å². The van der Waals surface area contributed by atoms with Gasteiger partial charge in [0.05, 0.1) is 0 Å². The van der Waals surface area contributed by atoms with Crippen LogP contribution in [0.15, 0.2) is 15.9 Å². The highest BCUT2D eigenvalue weighted by molar-refractivity contribution is 9.10. The Bertz CT molecular complexity index is 323. The minimum atomic E-state index is 0.525. The highest BCUT2D eigenvalue weighted by Crippen LogP contribution is 2.40. The normalized spacial score (nSPS) is 19.9. The average molecular weight is 302 g/mol. The van der Waals surface area contributed by atoms with E-state index in [-0.39, 0.29) is 0 Å². The summed E-state index contributed by atoms with van der Waals surface area (Å²) in [4.78, 5) is 1.53. The fourth-order valence-corrected chi connectivity index (χ4v) is 4.53. The van der Waals surface area contributed by atoms with E-state index in [1.165, 1.54) is 54.4 Å². The van der Waals surface area contributed by atoms with Crippen molar-refractivity contribution in [3.8, 4) is 0 Å². The maximum Gasteiger partial charge on any atom is 0.0285 e. The quantitative estimate of drug-likeness (QED) is 0.878. The molecule has 1 aliphatic rings. The Morgan fingerprint density at radius 3 is 2.69 bits per heavy atom. The third kappa shape index (κ3) is 3.08. The highest BCUT2D eigenvalue weighted by atomic mass is 79.9. The molecule has 0 aromatic carbocycles. The van der Waals surface area contributed by atoms with Gasteiger partial charge in [0, 0.05) is 21.3 Å². The van der Waals surface area contributed by atoms with Gasteiger partial charge >= 0.3 is 0 Å². The van der Waals surface area contributed by atoms with Gasteiger partial charge in [-0.05, 0) is 53.7 Å². The number of halogens is 1. The standard InChI is InChI=1S/C13H20BrNS/c1-15-10-13(5-3-2-4-6-13)8-12-7-11(14)9-16-12/h7,9,15H,2-6,8,10H2,1H3. The molecule has 1 aromatic heterocycles. The summed E-state index contributed by atoms with van der Waals surface area (Å²) in [7, 11) is 2.08. The van der Waals surface area contributed by atoms with E-state index >= 15 is 0 Å². The van der Waals surface area contributed by atoms with E-state index in [9.17, 15) is 0 Å². The van der Waals surface area contributed by atoms with Crippen molar-refractivity contribution in [1.29, 1.82) is 0 Å². The zero-order valence-electron chi connectivity index (χ0n) is 9.89. The van der Waals surface area contributed by atoms with Gasteiger partial charge in [-0.3, -0.25) is 0 Å². The number of hydrogen-bond donors (Lipinski definition) is 1. The fraction of sp³-hybridized carbons (Fsp3) is 0.692. The van der Waals surface area contributed by atoms with Gasteiger partial charge in [0.25, 0.3) is 0 Å². The Morgan fingerprint density at radius 2 is 2.12 bits per heavy atom. The van der Waals surface area contributed by atoms with Crippen molar-refractivity contribution in [2.75, 3.05) is 13.6 Å². The number of rotatable bonds is 4. The lowest BCUT2D eigenvalue weighted by Gasteiger charge is -2.37. The molecule has 1 N–H and O–H groups in total. The van der Waals surface area contributed by atoms with E-state index in [0.29, 0.717) is 5.41 Å². The second kappa shape index (κ2) is 5.65. The monoisotopic (exact) mass is 301 g/mol. The third-order valence-corrected chi connectivity index (χ3v) is 5.33. The lowest BCUT2D eigenvalue weighted by atomic mass is 9.71. The fourth-order valence-electron chi connectivity index (χ4n) is 2.91. The molecule has 0 saturated heterocycles. The molecule has 16 heavy (non-hydrogen) atoms. The van der Waals surface area contributed by atoms with Crippen LogP contribution in [0.4, 0.5) is 0 Å². The van der Waals surface area contributed by atoms with Gasteiger partial charge in [0.1, 0.15) is 0 Å². The zero-order valence-corrected chi connectivity index (χ0v) is 12.3. The summed E-state index contributed by atoms with van der Waals surface area (Å²) in [6, 6.07) is 2.29. The Hall–Kier alpha value is 0.140. The van der Waals surface area contributed by atoms with Crippen LogP contribution in [-0.2, 0) is 6.42 Å². The van der Waals surface area contributed by atoms with Crippen molar-refractivity contribution in [2.24, 2.45) is 5.41 Å². The van der Waals surface area contributed by atoms with Crippen molar-refractivity contribution in [1.82, 2.24) is 5.32 Å². The molecular formula is C13H20BrNS. The minimum Gasteiger partial charge on any atom is -0.319 e. The first-order valence-electron chi connectivity index (χ1n) is 6.12. The van der Waals surface area contributed by atoms with Gasteiger partial charge in [-0.25, -0.2) is 0 Å². The summed E-state index contributed by atoms with van der Waals surface area (Å²) < 4.78 is 1.24. The summed E-state index contributed by atoms with van der Waals surface area (Å²) >= 11 is 5.44. The van der Waals surface area contributed by atoms with Crippen LogP contribution in [0.2, 0.25) is 0 Å². The van der Waals surface area contributed by atoms with Crippen LogP contribution in [0.3, 0.4) is 0 Å². The number of nitrogens with one attached hydrogen (secondary N) is 1. The molecule has 2 rings (SSSR count). The summed E-state index contributed by atoms with van der Waals surface area (Å²) in [5.74, 6) is 0. The molecule has 0 atom stereocenters. The van der Waals surface area contributed by atoms with E-state index in [4.69, 9.17) is 0 Å². The molecule has 3 heteroatoms. The second-order valence-electron chi connectivity index (χ2n) is 5.00. The van der Waals surface area contributed by atoms with Gasteiger partial charge in [-0.1, -0.05) is 19.3 Å². The van der Waals surface area contributed by atoms with Crippen molar-refractivity contribution in [2.45, 2.75) is 38.5 Å². The van der Waals surface area contributed by atoms with Gasteiger partial charge < -0.3 is 5.32 Å². The molecule has 0 radical (unpaired) electrons. The number of hydrogen-bond acceptors (Lipinski definition) is 2. The Balaban J connectivity index is 2.06. The average Bonchev–Trinajstić information content (AvgIpc) is 2.65. The second-order valence-corrected chi connectivity index (χ2v) is 6.91. The maximum absolute atomic E-state index is 3.55. The summed E-state index contributed by atoms with van der Waals surface area (Å²) in [5.41, 5.74) is 0.525.